The Morgan fingerprint density at radius 3 is 2.80 bits per heavy atom. The first-order chi connectivity index (χ1) is 14.5. The maximum Gasteiger partial charge on any atom is 0.338 e. The minimum absolute atomic E-state index is 0.0946. The van der Waals surface area contributed by atoms with E-state index < -0.39 is 0 Å². The number of aryl methyl sites for hydroxylation is 1. The highest BCUT2D eigenvalue weighted by Crippen LogP contribution is 2.20. The quantitative estimate of drug-likeness (QED) is 0.514. The third-order valence-corrected chi connectivity index (χ3v) is 6.51. The van der Waals surface area contributed by atoms with E-state index in [1.54, 1.807) is 30.6 Å². The first-order valence-electron chi connectivity index (χ1n) is 9.17. The molecule has 0 bridgehead atoms. The van der Waals surface area contributed by atoms with Crippen molar-refractivity contribution < 1.29 is 19.1 Å². The zero-order valence-corrected chi connectivity index (χ0v) is 18.9. The molecule has 0 aliphatic heterocycles. The molecule has 0 spiro atoms. The molecule has 0 saturated carbocycles. The molecule has 0 unspecified atom stereocenters. The summed E-state index contributed by atoms with van der Waals surface area (Å²) in [6.45, 7) is 4.67. The molecule has 8 nitrogen and oxygen atoms in total. The van der Waals surface area contributed by atoms with Gasteiger partial charge in [-0.15, -0.1) is 23.1 Å². The molecule has 30 heavy (non-hydrogen) atoms. The summed E-state index contributed by atoms with van der Waals surface area (Å²) in [5.41, 5.74) is 1.37. The second kappa shape index (κ2) is 10.5. The predicted octanol–water partition coefficient (Wildman–Crippen LogP) is 3.16. The molecule has 2 aromatic heterocycles. The number of benzene rings is 1. The molecule has 158 valence electrons. The average Bonchev–Trinajstić information content (AvgIpc) is 3.34. The molecule has 0 saturated heterocycles. The van der Waals surface area contributed by atoms with Gasteiger partial charge in [-0.3, -0.25) is 9.59 Å². The van der Waals surface area contributed by atoms with E-state index in [9.17, 15) is 14.4 Å². The van der Waals surface area contributed by atoms with Crippen LogP contribution in [0.5, 0.6) is 0 Å². The van der Waals surface area contributed by atoms with Gasteiger partial charge < -0.3 is 14.6 Å². The Kier molecular flexibility index (Phi) is 7.77. The molecule has 0 fully saturated rings. The molecular weight excluding hydrogens is 444 g/mol. The van der Waals surface area contributed by atoms with E-state index in [0.29, 0.717) is 28.6 Å². The number of thioether (sulfide) groups is 1. The summed E-state index contributed by atoms with van der Waals surface area (Å²) >= 11 is 3.88. The Labute approximate surface area is 185 Å². The fourth-order valence-corrected chi connectivity index (χ4v) is 4.91. The molecule has 0 aliphatic carbocycles. The summed E-state index contributed by atoms with van der Waals surface area (Å²) in [5.74, 6) is -0.666. The van der Waals surface area contributed by atoms with E-state index in [2.05, 4.69) is 15.3 Å². The zero-order chi connectivity index (χ0) is 21.5. The largest absolute Gasteiger partial charge is 0.462 e. The van der Waals surface area contributed by atoms with Crippen molar-refractivity contribution in [3.63, 3.8) is 0 Å². The molecule has 0 atom stereocenters. The second-order valence-electron chi connectivity index (χ2n) is 5.92. The lowest BCUT2D eigenvalue weighted by molar-refractivity contribution is -0.115. The standard InChI is InChI=1S/C19H20N4O4S3/c1-3-23-13-6-5-12(17(26)27-4-2)9-14(13)30-19(23)22-16(25)11-28-10-15(24)21-18-20-7-8-29-18/h5-9H,3-4,10-11H2,1-2H3,(H,20,21,24). The number of anilines is 1. The maximum atomic E-state index is 12.3. The number of thiazole rings is 2. The number of carbonyl (C=O) groups excluding carboxylic acids is 3. The molecule has 0 aliphatic rings. The van der Waals surface area contributed by atoms with Gasteiger partial charge >= 0.3 is 5.97 Å². The van der Waals surface area contributed by atoms with E-state index in [0.717, 1.165) is 10.2 Å². The molecule has 1 aromatic carbocycles. The molecule has 1 N–H and O–H groups in total. The van der Waals surface area contributed by atoms with Gasteiger partial charge in [0.2, 0.25) is 5.91 Å². The van der Waals surface area contributed by atoms with Gasteiger partial charge in [-0.05, 0) is 32.0 Å². The number of esters is 1. The van der Waals surface area contributed by atoms with Gasteiger partial charge in [0.1, 0.15) is 0 Å². The Hall–Kier alpha value is -2.50. The van der Waals surface area contributed by atoms with Gasteiger partial charge in [0, 0.05) is 18.1 Å². The van der Waals surface area contributed by atoms with Crippen LogP contribution in [0.25, 0.3) is 10.2 Å². The molecule has 0 radical (unpaired) electrons. The first kappa shape index (κ1) is 22.2. The lowest BCUT2D eigenvalue weighted by Gasteiger charge is -2.03. The van der Waals surface area contributed by atoms with E-state index >= 15 is 0 Å². The Balaban J connectivity index is 1.68. The monoisotopic (exact) mass is 464 g/mol. The number of carbonyl (C=O) groups is 3. The number of aromatic nitrogens is 2. The van der Waals surface area contributed by atoms with Crippen LogP contribution in [0.2, 0.25) is 0 Å². The van der Waals surface area contributed by atoms with E-state index in [4.69, 9.17) is 4.74 Å². The number of hydrogen-bond acceptors (Lipinski definition) is 8. The lowest BCUT2D eigenvalue weighted by atomic mass is 10.2. The lowest BCUT2D eigenvalue weighted by Crippen LogP contribution is -2.18. The summed E-state index contributed by atoms with van der Waals surface area (Å²) in [4.78, 5) is 44.9. The van der Waals surface area contributed by atoms with Crippen molar-refractivity contribution in [2.75, 3.05) is 23.4 Å². The fourth-order valence-electron chi connectivity index (χ4n) is 2.62. The number of ether oxygens (including phenoxy) is 1. The molecule has 11 heteroatoms. The minimum atomic E-state index is -0.377. The third-order valence-electron chi connectivity index (χ3n) is 3.87. The normalized spacial score (nSPS) is 11.6. The van der Waals surface area contributed by atoms with Crippen LogP contribution in [0.1, 0.15) is 24.2 Å². The van der Waals surface area contributed by atoms with Crippen molar-refractivity contribution in [1.82, 2.24) is 9.55 Å². The summed E-state index contributed by atoms with van der Waals surface area (Å²) in [6, 6.07) is 5.30. The van der Waals surface area contributed by atoms with E-state index in [1.807, 2.05) is 17.6 Å². The smallest absolute Gasteiger partial charge is 0.338 e. The van der Waals surface area contributed by atoms with Crippen LogP contribution in [0.3, 0.4) is 0 Å². The van der Waals surface area contributed by atoms with Crippen LogP contribution in [-0.2, 0) is 20.9 Å². The van der Waals surface area contributed by atoms with Crippen LogP contribution in [0.15, 0.2) is 34.8 Å². The van der Waals surface area contributed by atoms with Crippen molar-refractivity contribution in [2.24, 2.45) is 4.99 Å². The van der Waals surface area contributed by atoms with Gasteiger partial charge in [-0.1, -0.05) is 11.3 Å². The first-order valence-corrected chi connectivity index (χ1v) is 12.0. The predicted molar refractivity (Wildman–Crippen MR) is 120 cm³/mol. The number of rotatable bonds is 8. The third kappa shape index (κ3) is 5.55. The van der Waals surface area contributed by atoms with Crippen LogP contribution >= 0.6 is 34.4 Å². The van der Waals surface area contributed by atoms with Crippen molar-refractivity contribution >= 4 is 67.6 Å². The highest BCUT2D eigenvalue weighted by molar-refractivity contribution is 8.00. The molecule has 2 heterocycles. The number of amides is 2. The highest BCUT2D eigenvalue weighted by atomic mass is 32.2. The van der Waals surface area contributed by atoms with Crippen molar-refractivity contribution in [2.45, 2.75) is 20.4 Å². The summed E-state index contributed by atoms with van der Waals surface area (Å²) in [6.07, 6.45) is 1.61. The van der Waals surface area contributed by atoms with E-state index in [1.165, 1.54) is 34.4 Å². The Morgan fingerprint density at radius 2 is 2.10 bits per heavy atom. The molecular formula is C19H20N4O4S3. The number of nitrogens with zero attached hydrogens (tertiary/aromatic N) is 3. The van der Waals surface area contributed by atoms with Crippen molar-refractivity contribution in [3.8, 4) is 0 Å². The van der Waals surface area contributed by atoms with Crippen LogP contribution in [0, 0.1) is 0 Å². The van der Waals surface area contributed by atoms with Crippen LogP contribution in [0.4, 0.5) is 5.13 Å². The zero-order valence-electron chi connectivity index (χ0n) is 16.4. The fraction of sp³-hybridized carbons (Fsp3) is 0.316. The summed E-state index contributed by atoms with van der Waals surface area (Å²) in [5, 5.41) is 4.98. The van der Waals surface area contributed by atoms with Crippen molar-refractivity contribution in [3.05, 3.63) is 40.1 Å². The molecule has 2 amide bonds. The van der Waals surface area contributed by atoms with Crippen LogP contribution in [-0.4, -0.2) is 45.4 Å². The van der Waals surface area contributed by atoms with Gasteiger partial charge in [-0.2, -0.15) is 4.99 Å². The topological polar surface area (TPSA) is 103 Å². The maximum absolute atomic E-state index is 12.3. The number of hydrogen-bond donors (Lipinski definition) is 1. The molecule has 3 aromatic rings. The van der Waals surface area contributed by atoms with Gasteiger partial charge in [0.25, 0.3) is 5.91 Å². The number of fused-ring (bicyclic) bond motifs is 1. The Bertz CT molecular complexity index is 1120. The second-order valence-corrected chi connectivity index (χ2v) is 8.80. The highest BCUT2D eigenvalue weighted by Gasteiger charge is 2.12. The van der Waals surface area contributed by atoms with Gasteiger partial charge in [0.05, 0.1) is 33.9 Å². The van der Waals surface area contributed by atoms with Crippen LogP contribution < -0.4 is 10.1 Å². The van der Waals surface area contributed by atoms with Gasteiger partial charge in [-0.25, -0.2) is 9.78 Å². The average molecular weight is 465 g/mol. The van der Waals surface area contributed by atoms with E-state index in [-0.39, 0.29) is 29.3 Å². The molecule has 3 rings (SSSR count). The Morgan fingerprint density at radius 1 is 1.27 bits per heavy atom. The number of nitrogens with one attached hydrogen (secondary N) is 1. The summed E-state index contributed by atoms with van der Waals surface area (Å²) in [7, 11) is 0. The SMILES string of the molecule is CCOC(=O)c1ccc2c(c1)sc(=NC(=O)CSCC(=O)Nc1nccs1)n2CC. The van der Waals surface area contributed by atoms with Gasteiger partial charge in [0.15, 0.2) is 9.93 Å². The summed E-state index contributed by atoms with van der Waals surface area (Å²) < 4.78 is 7.82. The minimum Gasteiger partial charge on any atom is -0.462 e. The van der Waals surface area contributed by atoms with Crippen molar-refractivity contribution in [1.29, 1.82) is 0 Å².